The maximum absolute atomic E-state index is 15.2. The van der Waals surface area contributed by atoms with Crippen LogP contribution >= 0.6 is 24.0 Å². The van der Waals surface area contributed by atoms with Crippen molar-refractivity contribution in [2.24, 2.45) is 5.73 Å². The van der Waals surface area contributed by atoms with Gasteiger partial charge in [0, 0.05) is 25.6 Å². The maximum atomic E-state index is 15.2. The number of hydrogen-bond acceptors (Lipinski definition) is 5. The van der Waals surface area contributed by atoms with E-state index >= 15 is 4.39 Å². The average molecular weight is 514 g/mol. The van der Waals surface area contributed by atoms with Crippen molar-refractivity contribution in [2.45, 2.75) is 38.8 Å². The van der Waals surface area contributed by atoms with Crippen LogP contribution in [0.15, 0.2) is 35.1 Å². The Morgan fingerprint density at radius 3 is 2.74 bits per heavy atom. The third-order valence-corrected chi connectivity index (χ3v) is 5.67. The SMILES string of the molecule is CC(CN)Oc1cc(-n2nc3n(c2=O)CCCC3)c(F)cc1C(=O)Nc1c(F)cccc1Cl.Cl. The molecule has 1 atom stereocenters. The normalized spacial score (nSPS) is 13.6. The highest BCUT2D eigenvalue weighted by Crippen LogP contribution is 2.30. The van der Waals surface area contributed by atoms with Gasteiger partial charge in [0.15, 0.2) is 0 Å². The van der Waals surface area contributed by atoms with Crippen LogP contribution in [0.4, 0.5) is 14.5 Å². The van der Waals surface area contributed by atoms with Crippen molar-refractivity contribution in [1.29, 1.82) is 0 Å². The number of ether oxygens (including phenoxy) is 1. The summed E-state index contributed by atoms with van der Waals surface area (Å²) in [6.45, 7) is 2.29. The number of aromatic nitrogens is 3. The molecule has 1 aliphatic rings. The van der Waals surface area contributed by atoms with Crippen LogP contribution in [-0.2, 0) is 13.0 Å². The highest BCUT2D eigenvalue weighted by molar-refractivity contribution is 6.34. The molecule has 0 saturated carbocycles. The molecule has 0 aliphatic carbocycles. The van der Waals surface area contributed by atoms with Gasteiger partial charge in [-0.2, -0.15) is 4.68 Å². The third-order valence-electron chi connectivity index (χ3n) is 5.35. The number of para-hydroxylation sites is 1. The van der Waals surface area contributed by atoms with Gasteiger partial charge in [-0.05, 0) is 38.0 Å². The molecular weight excluding hydrogens is 491 g/mol. The number of carbonyl (C=O) groups is 1. The lowest BCUT2D eigenvalue weighted by atomic mass is 10.1. The summed E-state index contributed by atoms with van der Waals surface area (Å²) >= 11 is 5.99. The number of benzene rings is 2. The van der Waals surface area contributed by atoms with E-state index < -0.39 is 29.3 Å². The maximum Gasteiger partial charge on any atom is 0.350 e. The molecule has 1 unspecified atom stereocenters. The summed E-state index contributed by atoms with van der Waals surface area (Å²) in [6, 6.07) is 6.07. The number of rotatable bonds is 6. The van der Waals surface area contributed by atoms with Gasteiger partial charge in [-0.15, -0.1) is 17.5 Å². The van der Waals surface area contributed by atoms with E-state index in [4.69, 9.17) is 22.1 Å². The number of fused-ring (bicyclic) bond motifs is 1. The standard InChI is InChI=1S/C22H22ClF2N5O3.ClH/c1-12(11-26)33-18-10-17(30-22(32)29-8-3-2-7-19(29)28-30)16(25)9-13(18)21(31)27-20-14(23)5-4-6-15(20)24;/h4-6,9-10,12H,2-3,7-8,11,26H2,1H3,(H,27,31);1H. The average Bonchev–Trinajstić information content (AvgIpc) is 3.13. The number of hydrogen-bond donors (Lipinski definition) is 2. The van der Waals surface area contributed by atoms with Crippen molar-refractivity contribution < 1.29 is 18.3 Å². The Hall–Kier alpha value is -2.95. The largest absolute Gasteiger partial charge is 0.488 e. The number of amides is 1. The van der Waals surface area contributed by atoms with Crippen LogP contribution in [0.5, 0.6) is 5.75 Å². The zero-order valence-electron chi connectivity index (χ0n) is 18.2. The van der Waals surface area contributed by atoms with E-state index in [-0.39, 0.29) is 46.7 Å². The fraction of sp³-hybridized carbons (Fsp3) is 0.318. The first-order valence-corrected chi connectivity index (χ1v) is 10.8. The van der Waals surface area contributed by atoms with Crippen molar-refractivity contribution in [3.05, 3.63) is 68.9 Å². The molecule has 2 aromatic carbocycles. The molecule has 12 heteroatoms. The summed E-state index contributed by atoms with van der Waals surface area (Å²) in [5, 5.41) is 6.60. The van der Waals surface area contributed by atoms with Gasteiger partial charge in [0.2, 0.25) is 0 Å². The molecule has 0 saturated heterocycles. The zero-order valence-corrected chi connectivity index (χ0v) is 19.8. The number of carbonyl (C=O) groups excluding carboxylic acids is 1. The number of anilines is 1. The van der Waals surface area contributed by atoms with Gasteiger partial charge in [0.1, 0.15) is 35.0 Å². The molecule has 0 radical (unpaired) electrons. The molecule has 0 spiro atoms. The zero-order chi connectivity index (χ0) is 23.7. The summed E-state index contributed by atoms with van der Waals surface area (Å²) in [7, 11) is 0. The van der Waals surface area contributed by atoms with Gasteiger partial charge < -0.3 is 15.8 Å². The van der Waals surface area contributed by atoms with Crippen LogP contribution in [0, 0.1) is 11.6 Å². The monoisotopic (exact) mass is 513 g/mol. The molecule has 4 rings (SSSR count). The summed E-state index contributed by atoms with van der Waals surface area (Å²) in [4.78, 5) is 25.7. The van der Waals surface area contributed by atoms with Gasteiger partial charge in [-0.1, -0.05) is 17.7 Å². The Balaban J connectivity index is 0.00000324. The quantitative estimate of drug-likeness (QED) is 0.522. The summed E-state index contributed by atoms with van der Waals surface area (Å²) in [6.07, 6.45) is 1.81. The first-order chi connectivity index (χ1) is 15.8. The smallest absolute Gasteiger partial charge is 0.350 e. The van der Waals surface area contributed by atoms with Crippen molar-refractivity contribution in [3.63, 3.8) is 0 Å². The number of nitrogens with one attached hydrogen (secondary N) is 1. The molecule has 3 aromatic rings. The predicted molar refractivity (Wildman–Crippen MR) is 126 cm³/mol. The second kappa shape index (κ2) is 10.5. The molecule has 8 nitrogen and oxygen atoms in total. The Labute approximate surface area is 205 Å². The van der Waals surface area contributed by atoms with E-state index in [9.17, 15) is 14.0 Å². The van der Waals surface area contributed by atoms with Crippen LogP contribution in [0.3, 0.4) is 0 Å². The van der Waals surface area contributed by atoms with Crippen LogP contribution in [0.25, 0.3) is 5.69 Å². The lowest BCUT2D eigenvalue weighted by Gasteiger charge is -2.18. The summed E-state index contributed by atoms with van der Waals surface area (Å²) in [5.74, 6) is -1.93. The van der Waals surface area contributed by atoms with Crippen LogP contribution in [0.1, 0.15) is 35.9 Å². The van der Waals surface area contributed by atoms with Crippen molar-refractivity contribution in [1.82, 2.24) is 14.3 Å². The second-order valence-corrected chi connectivity index (χ2v) is 8.14. The summed E-state index contributed by atoms with van der Waals surface area (Å²) < 4.78 is 37.5. The molecule has 1 aromatic heterocycles. The fourth-order valence-electron chi connectivity index (χ4n) is 3.60. The topological polar surface area (TPSA) is 104 Å². The van der Waals surface area contributed by atoms with Gasteiger partial charge in [-0.25, -0.2) is 13.6 Å². The molecule has 1 aliphatic heterocycles. The molecule has 182 valence electrons. The van der Waals surface area contributed by atoms with E-state index in [1.54, 1.807) is 6.92 Å². The first-order valence-electron chi connectivity index (χ1n) is 10.4. The molecule has 2 heterocycles. The minimum Gasteiger partial charge on any atom is -0.488 e. The number of nitrogens with two attached hydrogens (primary N) is 1. The van der Waals surface area contributed by atoms with Gasteiger partial charge in [-0.3, -0.25) is 9.36 Å². The van der Waals surface area contributed by atoms with Crippen LogP contribution < -0.4 is 21.5 Å². The second-order valence-electron chi connectivity index (χ2n) is 7.73. The van der Waals surface area contributed by atoms with E-state index in [0.717, 1.165) is 29.7 Å². The van der Waals surface area contributed by atoms with E-state index in [1.165, 1.54) is 22.8 Å². The number of halogens is 4. The molecule has 34 heavy (non-hydrogen) atoms. The number of aryl methyl sites for hydroxylation is 1. The van der Waals surface area contributed by atoms with Gasteiger partial charge in [0.25, 0.3) is 5.91 Å². The minimum atomic E-state index is -0.870. The Kier molecular flexibility index (Phi) is 7.96. The van der Waals surface area contributed by atoms with Gasteiger partial charge >= 0.3 is 5.69 Å². The van der Waals surface area contributed by atoms with Crippen molar-refractivity contribution >= 4 is 35.6 Å². The lowest BCUT2D eigenvalue weighted by Crippen LogP contribution is -2.27. The first kappa shape index (κ1) is 25.7. The van der Waals surface area contributed by atoms with E-state index in [0.29, 0.717) is 18.8 Å². The molecule has 3 N–H and O–H groups in total. The molecule has 0 bridgehead atoms. The predicted octanol–water partition coefficient (Wildman–Crippen LogP) is 3.70. The molecule has 0 fully saturated rings. The minimum absolute atomic E-state index is 0. The van der Waals surface area contributed by atoms with Crippen LogP contribution in [0.2, 0.25) is 5.02 Å². The number of nitrogens with zero attached hydrogens (tertiary/aromatic N) is 3. The lowest BCUT2D eigenvalue weighted by molar-refractivity contribution is 0.101. The Bertz CT molecular complexity index is 1260. The van der Waals surface area contributed by atoms with Crippen LogP contribution in [-0.4, -0.2) is 32.9 Å². The fourth-order valence-corrected chi connectivity index (χ4v) is 3.81. The Morgan fingerprint density at radius 2 is 2.06 bits per heavy atom. The van der Waals surface area contributed by atoms with Gasteiger partial charge in [0.05, 0.1) is 16.3 Å². The highest BCUT2D eigenvalue weighted by atomic mass is 35.5. The summed E-state index contributed by atoms with van der Waals surface area (Å²) in [5.41, 5.74) is 4.54. The molecule has 1 amide bonds. The van der Waals surface area contributed by atoms with Crippen molar-refractivity contribution in [2.75, 3.05) is 11.9 Å². The Morgan fingerprint density at radius 1 is 1.29 bits per heavy atom. The highest BCUT2D eigenvalue weighted by Gasteiger charge is 2.24. The third kappa shape index (κ3) is 4.94. The molecular formula is C22H23Cl2F2N5O3. The van der Waals surface area contributed by atoms with E-state index in [2.05, 4.69) is 10.4 Å². The van der Waals surface area contributed by atoms with Crippen molar-refractivity contribution in [3.8, 4) is 11.4 Å². The van der Waals surface area contributed by atoms with E-state index in [1.807, 2.05) is 0 Å².